The first kappa shape index (κ1) is 11.3. The summed E-state index contributed by atoms with van der Waals surface area (Å²) in [6.45, 7) is -0.738. The van der Waals surface area contributed by atoms with E-state index in [0.717, 1.165) is 0 Å². The predicted octanol–water partition coefficient (Wildman–Crippen LogP) is -3.65. The van der Waals surface area contributed by atoms with Crippen LogP contribution in [0.4, 0.5) is 0 Å². The zero-order chi connectivity index (χ0) is 10.9. The minimum absolute atomic E-state index is 0.738. The molecular formula is C7H12O7. The molecule has 0 aliphatic carbocycles. The minimum Gasteiger partial charge on any atom is -0.455 e. The van der Waals surface area contributed by atoms with E-state index in [0.29, 0.717) is 0 Å². The van der Waals surface area contributed by atoms with Gasteiger partial charge in [-0.1, -0.05) is 0 Å². The molecule has 82 valence electrons. The Morgan fingerprint density at radius 3 is 2.29 bits per heavy atom. The van der Waals surface area contributed by atoms with E-state index in [9.17, 15) is 15.0 Å². The molecule has 5 N–H and O–H groups in total. The number of carbonyl (C=O) groups is 1. The fourth-order valence-electron chi connectivity index (χ4n) is 1.19. The second-order valence-corrected chi connectivity index (χ2v) is 3.08. The minimum atomic E-state index is -1.72. The second-order valence-electron chi connectivity index (χ2n) is 3.08. The summed E-state index contributed by atoms with van der Waals surface area (Å²) in [5, 5.41) is 44.9. The molecule has 5 atom stereocenters. The lowest BCUT2D eigenvalue weighted by Gasteiger charge is -2.23. The summed E-state index contributed by atoms with van der Waals surface area (Å²) in [7, 11) is 0. The highest BCUT2D eigenvalue weighted by Crippen LogP contribution is 2.20. The van der Waals surface area contributed by atoms with E-state index >= 15 is 0 Å². The van der Waals surface area contributed by atoms with E-state index in [4.69, 9.17) is 15.3 Å². The Balaban J connectivity index is 2.66. The van der Waals surface area contributed by atoms with Crippen molar-refractivity contribution in [3.63, 3.8) is 0 Å². The number of rotatable bonds is 3. The molecule has 0 radical (unpaired) electrons. The van der Waals surface area contributed by atoms with Crippen LogP contribution in [0.25, 0.3) is 0 Å². The Hall–Kier alpha value is -0.730. The lowest BCUT2D eigenvalue weighted by Crippen LogP contribution is -2.46. The zero-order valence-electron chi connectivity index (χ0n) is 7.15. The van der Waals surface area contributed by atoms with Gasteiger partial charge in [-0.15, -0.1) is 0 Å². The summed E-state index contributed by atoms with van der Waals surface area (Å²) in [4.78, 5) is 10.7. The van der Waals surface area contributed by atoms with Gasteiger partial charge in [-0.05, 0) is 0 Å². The SMILES string of the molecule is O=C1O[C@@H]([C@@H](O)[C@@H](O)CO)[C@H](O)[C@@H]1O. The van der Waals surface area contributed by atoms with Gasteiger partial charge < -0.3 is 30.3 Å². The third-order valence-corrected chi connectivity index (χ3v) is 2.07. The van der Waals surface area contributed by atoms with Gasteiger partial charge in [-0.2, -0.15) is 0 Å². The van der Waals surface area contributed by atoms with Gasteiger partial charge in [0.15, 0.2) is 12.2 Å². The molecule has 0 amide bonds. The molecule has 0 aromatic rings. The molecular weight excluding hydrogens is 196 g/mol. The molecule has 1 fully saturated rings. The summed E-state index contributed by atoms with van der Waals surface area (Å²) in [5.41, 5.74) is 0. The Morgan fingerprint density at radius 1 is 1.36 bits per heavy atom. The van der Waals surface area contributed by atoms with Crippen LogP contribution in [0.15, 0.2) is 0 Å². The van der Waals surface area contributed by atoms with Gasteiger partial charge in [0.05, 0.1) is 6.61 Å². The molecule has 7 heteroatoms. The highest BCUT2D eigenvalue weighted by molar-refractivity contribution is 5.77. The van der Waals surface area contributed by atoms with Crippen LogP contribution >= 0.6 is 0 Å². The highest BCUT2D eigenvalue weighted by atomic mass is 16.6. The van der Waals surface area contributed by atoms with Crippen molar-refractivity contribution in [2.24, 2.45) is 0 Å². The molecule has 1 aliphatic rings. The normalized spacial score (nSPS) is 36.6. The number of ether oxygens (including phenoxy) is 1. The number of carbonyl (C=O) groups excluding carboxylic acids is 1. The molecule has 0 bridgehead atoms. The van der Waals surface area contributed by atoms with Crippen LogP contribution in [0.5, 0.6) is 0 Å². The van der Waals surface area contributed by atoms with Gasteiger partial charge in [-0.25, -0.2) is 4.79 Å². The van der Waals surface area contributed by atoms with E-state index in [2.05, 4.69) is 4.74 Å². The van der Waals surface area contributed by atoms with Gasteiger partial charge in [0.1, 0.15) is 18.3 Å². The molecule has 7 nitrogen and oxygen atoms in total. The van der Waals surface area contributed by atoms with Crippen LogP contribution < -0.4 is 0 Å². The predicted molar refractivity (Wildman–Crippen MR) is 41.0 cm³/mol. The monoisotopic (exact) mass is 208 g/mol. The Labute approximate surface area is 79.2 Å². The van der Waals surface area contributed by atoms with Crippen molar-refractivity contribution in [2.75, 3.05) is 6.61 Å². The maximum absolute atomic E-state index is 10.7. The zero-order valence-corrected chi connectivity index (χ0v) is 7.15. The van der Waals surface area contributed by atoms with Gasteiger partial charge in [0, 0.05) is 0 Å². The van der Waals surface area contributed by atoms with Gasteiger partial charge >= 0.3 is 5.97 Å². The largest absolute Gasteiger partial charge is 0.455 e. The van der Waals surface area contributed by atoms with Crippen LogP contribution in [0, 0.1) is 0 Å². The molecule has 1 aliphatic heterocycles. The van der Waals surface area contributed by atoms with Gasteiger partial charge in [-0.3, -0.25) is 0 Å². The van der Waals surface area contributed by atoms with Crippen molar-refractivity contribution >= 4 is 5.97 Å². The summed E-state index contributed by atoms with van der Waals surface area (Å²) >= 11 is 0. The smallest absolute Gasteiger partial charge is 0.338 e. The van der Waals surface area contributed by atoms with E-state index < -0.39 is 43.1 Å². The van der Waals surface area contributed by atoms with Crippen LogP contribution in [0.3, 0.4) is 0 Å². The van der Waals surface area contributed by atoms with Crippen LogP contribution in [-0.2, 0) is 9.53 Å². The van der Waals surface area contributed by atoms with Crippen molar-refractivity contribution in [3.8, 4) is 0 Å². The lowest BCUT2D eigenvalue weighted by molar-refractivity contribution is -0.155. The molecule has 0 unspecified atom stereocenters. The Morgan fingerprint density at radius 2 is 1.93 bits per heavy atom. The van der Waals surface area contributed by atoms with Crippen molar-refractivity contribution < 1.29 is 35.1 Å². The number of hydrogen-bond acceptors (Lipinski definition) is 7. The van der Waals surface area contributed by atoms with Crippen molar-refractivity contribution in [1.29, 1.82) is 0 Å². The Bertz CT molecular complexity index is 218. The van der Waals surface area contributed by atoms with Crippen LogP contribution in [-0.4, -0.2) is 68.6 Å². The molecule has 1 rings (SSSR count). The first-order valence-electron chi connectivity index (χ1n) is 4.02. The number of esters is 1. The number of hydrogen-bond donors (Lipinski definition) is 5. The summed E-state index contributed by atoms with van der Waals surface area (Å²) in [6.07, 6.45) is -7.90. The molecule has 0 aromatic carbocycles. The Kier molecular flexibility index (Phi) is 3.40. The molecule has 0 spiro atoms. The maximum atomic E-state index is 10.7. The summed E-state index contributed by atoms with van der Waals surface area (Å²) in [6, 6.07) is 0. The van der Waals surface area contributed by atoms with E-state index in [1.54, 1.807) is 0 Å². The molecule has 1 heterocycles. The quantitative estimate of drug-likeness (QED) is 0.302. The fraction of sp³-hybridized carbons (Fsp3) is 0.857. The fourth-order valence-corrected chi connectivity index (χ4v) is 1.19. The average Bonchev–Trinajstić information content (AvgIpc) is 2.43. The second kappa shape index (κ2) is 4.20. The number of aliphatic hydroxyl groups is 5. The first-order chi connectivity index (χ1) is 6.49. The van der Waals surface area contributed by atoms with E-state index in [-0.39, 0.29) is 0 Å². The lowest BCUT2D eigenvalue weighted by atomic mass is 10.0. The topological polar surface area (TPSA) is 127 Å². The van der Waals surface area contributed by atoms with Gasteiger partial charge in [0.2, 0.25) is 0 Å². The standard InChI is InChI=1S/C7H12O7/c8-1-2(9)3(10)6-4(11)5(12)7(13)14-6/h2-6,8-12H,1H2/t2-,3-,4+,5-,6-/m0/s1. The highest BCUT2D eigenvalue weighted by Gasteiger charge is 2.47. The van der Waals surface area contributed by atoms with Crippen LogP contribution in [0.1, 0.15) is 0 Å². The molecule has 1 saturated heterocycles. The molecule has 14 heavy (non-hydrogen) atoms. The molecule has 0 saturated carbocycles. The third kappa shape index (κ3) is 1.86. The first-order valence-corrected chi connectivity index (χ1v) is 4.02. The van der Waals surface area contributed by atoms with E-state index in [1.165, 1.54) is 0 Å². The van der Waals surface area contributed by atoms with E-state index in [1.807, 2.05) is 0 Å². The summed E-state index contributed by atoms with van der Waals surface area (Å²) in [5.74, 6) is -1.06. The molecule has 0 aromatic heterocycles. The van der Waals surface area contributed by atoms with Crippen molar-refractivity contribution in [1.82, 2.24) is 0 Å². The summed E-state index contributed by atoms with van der Waals surface area (Å²) < 4.78 is 4.41. The maximum Gasteiger partial charge on any atom is 0.338 e. The average molecular weight is 208 g/mol. The number of cyclic esters (lactones) is 1. The number of aliphatic hydroxyl groups excluding tert-OH is 5. The van der Waals surface area contributed by atoms with Crippen LogP contribution in [0.2, 0.25) is 0 Å². The van der Waals surface area contributed by atoms with Crippen molar-refractivity contribution in [2.45, 2.75) is 30.5 Å². The van der Waals surface area contributed by atoms with Gasteiger partial charge in [0.25, 0.3) is 0 Å². The van der Waals surface area contributed by atoms with Crippen molar-refractivity contribution in [3.05, 3.63) is 0 Å². The third-order valence-electron chi connectivity index (χ3n) is 2.07.